The lowest BCUT2D eigenvalue weighted by Crippen LogP contribution is -2.11. The SMILES string of the molecule is COc1ccc(Cc2[nH+]ccc3c(OC)c(OC)ccc23)cc1OC. The highest BCUT2D eigenvalue weighted by molar-refractivity contribution is 5.91. The summed E-state index contributed by atoms with van der Waals surface area (Å²) in [6.07, 6.45) is 2.65. The van der Waals surface area contributed by atoms with Crippen LogP contribution in [0.2, 0.25) is 0 Å². The van der Waals surface area contributed by atoms with Gasteiger partial charge in [-0.2, -0.15) is 0 Å². The molecule has 0 spiro atoms. The Balaban J connectivity index is 2.05. The molecule has 5 nitrogen and oxygen atoms in total. The highest BCUT2D eigenvalue weighted by Crippen LogP contribution is 2.36. The van der Waals surface area contributed by atoms with Crippen molar-refractivity contribution in [3.05, 3.63) is 53.9 Å². The molecule has 1 aromatic heterocycles. The van der Waals surface area contributed by atoms with Crippen LogP contribution in [0, 0.1) is 0 Å². The molecular formula is C20H22NO4+. The number of pyridine rings is 1. The van der Waals surface area contributed by atoms with Crippen molar-refractivity contribution in [2.75, 3.05) is 28.4 Å². The van der Waals surface area contributed by atoms with Crippen LogP contribution in [0.25, 0.3) is 10.8 Å². The van der Waals surface area contributed by atoms with Crippen LogP contribution in [0.3, 0.4) is 0 Å². The summed E-state index contributed by atoms with van der Waals surface area (Å²) >= 11 is 0. The molecule has 3 rings (SSSR count). The zero-order valence-corrected chi connectivity index (χ0v) is 14.9. The molecule has 1 N–H and O–H groups in total. The molecule has 1 heterocycles. The fourth-order valence-corrected chi connectivity index (χ4v) is 3.02. The van der Waals surface area contributed by atoms with Gasteiger partial charge in [0.2, 0.25) is 0 Å². The van der Waals surface area contributed by atoms with Crippen LogP contribution in [-0.2, 0) is 6.42 Å². The Hall–Kier alpha value is -2.95. The molecule has 130 valence electrons. The van der Waals surface area contributed by atoms with Gasteiger partial charge < -0.3 is 18.9 Å². The Morgan fingerprint density at radius 1 is 0.720 bits per heavy atom. The van der Waals surface area contributed by atoms with Crippen LogP contribution in [-0.4, -0.2) is 28.4 Å². The summed E-state index contributed by atoms with van der Waals surface area (Å²) in [4.78, 5) is 3.35. The Labute approximate surface area is 147 Å². The highest BCUT2D eigenvalue weighted by atomic mass is 16.5. The molecule has 25 heavy (non-hydrogen) atoms. The number of H-pyrrole nitrogens is 1. The third-order valence-electron chi connectivity index (χ3n) is 4.25. The van der Waals surface area contributed by atoms with E-state index in [1.54, 1.807) is 28.4 Å². The number of rotatable bonds is 6. The number of benzene rings is 2. The summed E-state index contributed by atoms with van der Waals surface area (Å²) in [5, 5.41) is 2.10. The largest absolute Gasteiger partial charge is 0.493 e. The highest BCUT2D eigenvalue weighted by Gasteiger charge is 2.16. The molecule has 0 unspecified atom stereocenters. The van der Waals surface area contributed by atoms with Crippen molar-refractivity contribution in [2.45, 2.75) is 6.42 Å². The van der Waals surface area contributed by atoms with Crippen LogP contribution in [0.4, 0.5) is 0 Å². The first-order valence-electron chi connectivity index (χ1n) is 7.97. The van der Waals surface area contributed by atoms with E-state index in [9.17, 15) is 0 Å². The number of hydrogen-bond acceptors (Lipinski definition) is 4. The van der Waals surface area contributed by atoms with Crippen LogP contribution in [0.1, 0.15) is 11.3 Å². The average Bonchev–Trinajstić information content (AvgIpc) is 2.67. The molecule has 0 atom stereocenters. The number of aromatic nitrogens is 1. The monoisotopic (exact) mass is 340 g/mol. The lowest BCUT2D eigenvalue weighted by molar-refractivity contribution is -0.387. The topological polar surface area (TPSA) is 51.1 Å². The van der Waals surface area contributed by atoms with Crippen LogP contribution < -0.4 is 23.9 Å². The van der Waals surface area contributed by atoms with Gasteiger partial charge in [0.15, 0.2) is 34.9 Å². The van der Waals surface area contributed by atoms with Crippen molar-refractivity contribution in [1.29, 1.82) is 0 Å². The van der Waals surface area contributed by atoms with E-state index in [1.165, 1.54) is 0 Å². The van der Waals surface area contributed by atoms with Crippen molar-refractivity contribution < 1.29 is 23.9 Å². The number of ether oxygens (including phenoxy) is 4. The predicted octanol–water partition coefficient (Wildman–Crippen LogP) is 3.28. The van der Waals surface area contributed by atoms with E-state index in [2.05, 4.69) is 4.98 Å². The molecule has 0 radical (unpaired) electrons. The maximum absolute atomic E-state index is 5.55. The second-order valence-electron chi connectivity index (χ2n) is 5.58. The normalized spacial score (nSPS) is 10.6. The minimum Gasteiger partial charge on any atom is -0.493 e. The second kappa shape index (κ2) is 7.30. The molecule has 0 fully saturated rings. The van der Waals surface area contributed by atoms with Gasteiger partial charge in [0.25, 0.3) is 0 Å². The van der Waals surface area contributed by atoms with Gasteiger partial charge in [0.05, 0.1) is 40.2 Å². The summed E-state index contributed by atoms with van der Waals surface area (Å²) in [6.45, 7) is 0. The summed E-state index contributed by atoms with van der Waals surface area (Å²) in [5.41, 5.74) is 2.21. The van der Waals surface area contributed by atoms with E-state index in [1.807, 2.05) is 42.6 Å². The van der Waals surface area contributed by atoms with E-state index in [-0.39, 0.29) is 0 Å². The number of nitrogens with one attached hydrogen (secondary N) is 1. The lowest BCUT2D eigenvalue weighted by Gasteiger charge is -2.11. The number of fused-ring (bicyclic) bond motifs is 1. The van der Waals surface area contributed by atoms with E-state index in [0.29, 0.717) is 0 Å². The lowest BCUT2D eigenvalue weighted by atomic mass is 10.0. The van der Waals surface area contributed by atoms with E-state index in [4.69, 9.17) is 18.9 Å². The van der Waals surface area contributed by atoms with Gasteiger partial charge in [-0.3, -0.25) is 0 Å². The van der Waals surface area contributed by atoms with E-state index < -0.39 is 0 Å². The van der Waals surface area contributed by atoms with Crippen molar-refractivity contribution in [3.8, 4) is 23.0 Å². The first-order chi connectivity index (χ1) is 12.2. The molecule has 0 aliphatic carbocycles. The fraction of sp³-hybridized carbons (Fsp3) is 0.250. The summed E-state index contributed by atoms with van der Waals surface area (Å²) < 4.78 is 21.6. The Bertz CT molecular complexity index is 892. The van der Waals surface area contributed by atoms with Crippen LogP contribution in [0.15, 0.2) is 42.6 Å². The second-order valence-corrected chi connectivity index (χ2v) is 5.58. The molecule has 2 aromatic carbocycles. The molecule has 0 amide bonds. The van der Waals surface area contributed by atoms with Crippen LogP contribution >= 0.6 is 0 Å². The first kappa shape index (κ1) is 16.9. The molecule has 0 aliphatic heterocycles. The van der Waals surface area contributed by atoms with Crippen molar-refractivity contribution in [2.24, 2.45) is 0 Å². The van der Waals surface area contributed by atoms with Crippen LogP contribution in [0.5, 0.6) is 23.0 Å². The molecule has 5 heteroatoms. The van der Waals surface area contributed by atoms with Crippen molar-refractivity contribution in [1.82, 2.24) is 0 Å². The van der Waals surface area contributed by atoms with Gasteiger partial charge in [0.1, 0.15) is 0 Å². The smallest absolute Gasteiger partial charge is 0.192 e. The van der Waals surface area contributed by atoms with Gasteiger partial charge in [-0.15, -0.1) is 0 Å². The predicted molar refractivity (Wildman–Crippen MR) is 96.0 cm³/mol. The van der Waals surface area contributed by atoms with E-state index in [0.717, 1.165) is 51.4 Å². The number of hydrogen-bond donors (Lipinski definition) is 0. The zero-order chi connectivity index (χ0) is 17.8. The maximum atomic E-state index is 5.55. The quantitative estimate of drug-likeness (QED) is 0.691. The molecule has 0 bridgehead atoms. The molecule has 0 saturated heterocycles. The van der Waals surface area contributed by atoms with Gasteiger partial charge in [-0.1, -0.05) is 6.07 Å². The van der Waals surface area contributed by atoms with Gasteiger partial charge in [0, 0.05) is 11.5 Å². The van der Waals surface area contributed by atoms with Crippen molar-refractivity contribution in [3.63, 3.8) is 0 Å². The minimum atomic E-state index is 0.721. The Morgan fingerprint density at radius 2 is 1.44 bits per heavy atom. The molecule has 0 saturated carbocycles. The van der Waals surface area contributed by atoms with Gasteiger partial charge in [-0.05, 0) is 29.8 Å². The fourth-order valence-electron chi connectivity index (χ4n) is 3.02. The first-order valence-corrected chi connectivity index (χ1v) is 7.97. The molecule has 0 aliphatic rings. The molecule has 3 aromatic rings. The minimum absolute atomic E-state index is 0.721. The summed E-state index contributed by atoms with van der Waals surface area (Å²) in [6, 6.07) is 11.9. The zero-order valence-electron chi connectivity index (χ0n) is 14.9. The summed E-state index contributed by atoms with van der Waals surface area (Å²) in [5.74, 6) is 2.90. The van der Waals surface area contributed by atoms with Crippen molar-refractivity contribution >= 4 is 10.8 Å². The number of methoxy groups -OCH3 is 4. The summed E-state index contributed by atoms with van der Waals surface area (Å²) in [7, 11) is 6.57. The number of aromatic amines is 1. The Morgan fingerprint density at radius 3 is 2.12 bits per heavy atom. The average molecular weight is 340 g/mol. The third kappa shape index (κ3) is 3.18. The van der Waals surface area contributed by atoms with Gasteiger partial charge >= 0.3 is 0 Å². The third-order valence-corrected chi connectivity index (χ3v) is 4.25. The molecular weight excluding hydrogens is 318 g/mol. The van der Waals surface area contributed by atoms with Gasteiger partial charge in [-0.25, -0.2) is 4.98 Å². The van der Waals surface area contributed by atoms with E-state index >= 15 is 0 Å². The standard InChI is InChI=1S/C20H21NO4/c1-22-17-7-5-13(12-19(17)24-3)11-16-14-6-8-18(23-2)20(25-4)15(14)9-10-21-16/h5-10,12H,11H2,1-4H3/p+1. The Kier molecular flexibility index (Phi) is 4.93. The maximum Gasteiger partial charge on any atom is 0.192 e.